The molecule has 0 spiro atoms. The highest BCUT2D eigenvalue weighted by Gasteiger charge is 2.39. The number of esters is 1. The fraction of sp³-hybridized carbons (Fsp3) is 0.300. The minimum absolute atomic E-state index is 0.0767. The average molecular weight is 323 g/mol. The fourth-order valence-electron chi connectivity index (χ4n) is 3.32. The Bertz CT molecular complexity index is 699. The van der Waals surface area contributed by atoms with Crippen molar-refractivity contribution in [3.8, 4) is 0 Å². The lowest BCUT2D eigenvalue weighted by Crippen LogP contribution is -2.46. The van der Waals surface area contributed by atoms with Gasteiger partial charge in [0.15, 0.2) is 0 Å². The topological polar surface area (TPSA) is 46.6 Å². The molecule has 0 bridgehead atoms. The van der Waals surface area contributed by atoms with Crippen molar-refractivity contribution in [3.05, 3.63) is 71.8 Å². The van der Waals surface area contributed by atoms with E-state index in [0.717, 1.165) is 11.1 Å². The van der Waals surface area contributed by atoms with Crippen molar-refractivity contribution in [2.75, 3.05) is 13.7 Å². The normalized spacial score (nSPS) is 20.7. The molecule has 24 heavy (non-hydrogen) atoms. The summed E-state index contributed by atoms with van der Waals surface area (Å²) < 4.78 is 5.00. The Morgan fingerprint density at radius 3 is 2.33 bits per heavy atom. The summed E-state index contributed by atoms with van der Waals surface area (Å²) in [4.78, 5) is 26.7. The van der Waals surface area contributed by atoms with E-state index in [1.54, 1.807) is 4.90 Å². The number of likely N-dealkylation sites (tertiary alicyclic amines) is 1. The largest absolute Gasteiger partial charge is 0.469 e. The Morgan fingerprint density at radius 1 is 1.08 bits per heavy atom. The van der Waals surface area contributed by atoms with Crippen LogP contribution < -0.4 is 0 Å². The summed E-state index contributed by atoms with van der Waals surface area (Å²) in [7, 11) is 1.41. The van der Waals surface area contributed by atoms with E-state index in [9.17, 15) is 9.59 Å². The van der Waals surface area contributed by atoms with Crippen molar-refractivity contribution < 1.29 is 14.3 Å². The van der Waals surface area contributed by atoms with Gasteiger partial charge in [0.05, 0.1) is 13.0 Å². The molecule has 0 saturated carbocycles. The van der Waals surface area contributed by atoms with Gasteiger partial charge in [-0.05, 0) is 11.1 Å². The van der Waals surface area contributed by atoms with Crippen molar-refractivity contribution >= 4 is 11.9 Å². The van der Waals surface area contributed by atoms with Gasteiger partial charge < -0.3 is 9.64 Å². The lowest BCUT2D eigenvalue weighted by atomic mass is 9.80. The van der Waals surface area contributed by atoms with Gasteiger partial charge in [0.25, 0.3) is 0 Å². The summed E-state index contributed by atoms with van der Waals surface area (Å²) in [6, 6.07) is 19.6. The van der Waals surface area contributed by atoms with E-state index >= 15 is 0 Å². The standard InChI is InChI=1S/C20H21NO3/c1-24-20(23)18-14-21(13-15-8-4-2-5-9-15)19(22)12-17(18)16-10-6-3-7-11-16/h2-11,17-18H,12-14H2,1H3/t17-,18+/m1/s1. The minimum Gasteiger partial charge on any atom is -0.469 e. The second-order valence-electron chi connectivity index (χ2n) is 6.11. The van der Waals surface area contributed by atoms with Crippen LogP contribution in [0.3, 0.4) is 0 Å². The van der Waals surface area contributed by atoms with Gasteiger partial charge in [-0.3, -0.25) is 9.59 Å². The number of hydrogen-bond acceptors (Lipinski definition) is 3. The average Bonchev–Trinajstić information content (AvgIpc) is 2.64. The highest BCUT2D eigenvalue weighted by Crippen LogP contribution is 2.35. The number of piperidine rings is 1. The Morgan fingerprint density at radius 2 is 1.71 bits per heavy atom. The van der Waals surface area contributed by atoms with Gasteiger partial charge in [-0.2, -0.15) is 0 Å². The summed E-state index contributed by atoms with van der Waals surface area (Å²) in [5, 5.41) is 0. The van der Waals surface area contributed by atoms with Crippen molar-refractivity contribution in [2.24, 2.45) is 5.92 Å². The zero-order valence-corrected chi connectivity index (χ0v) is 13.7. The zero-order valence-electron chi connectivity index (χ0n) is 13.7. The maximum atomic E-state index is 12.6. The molecule has 0 radical (unpaired) electrons. The number of ether oxygens (including phenoxy) is 1. The van der Waals surface area contributed by atoms with Gasteiger partial charge in [-0.15, -0.1) is 0 Å². The summed E-state index contributed by atoms with van der Waals surface area (Å²) in [6.45, 7) is 0.911. The van der Waals surface area contributed by atoms with E-state index in [0.29, 0.717) is 19.5 Å². The van der Waals surface area contributed by atoms with E-state index < -0.39 is 0 Å². The predicted molar refractivity (Wildman–Crippen MR) is 91.2 cm³/mol. The number of methoxy groups -OCH3 is 1. The lowest BCUT2D eigenvalue weighted by molar-refractivity contribution is -0.151. The van der Waals surface area contributed by atoms with Crippen LogP contribution in [0.4, 0.5) is 0 Å². The maximum absolute atomic E-state index is 12.6. The van der Waals surface area contributed by atoms with Crippen LogP contribution in [0.25, 0.3) is 0 Å². The van der Waals surface area contributed by atoms with Crippen LogP contribution in [0.1, 0.15) is 23.5 Å². The maximum Gasteiger partial charge on any atom is 0.311 e. The summed E-state index contributed by atoms with van der Waals surface area (Å²) in [5.41, 5.74) is 2.08. The van der Waals surface area contributed by atoms with Gasteiger partial charge in [0.2, 0.25) is 5.91 Å². The number of carbonyl (C=O) groups excluding carboxylic acids is 2. The summed E-state index contributed by atoms with van der Waals surface area (Å²) in [6.07, 6.45) is 0.330. The number of carbonyl (C=O) groups is 2. The Balaban J connectivity index is 1.82. The highest BCUT2D eigenvalue weighted by molar-refractivity contribution is 5.83. The fourth-order valence-corrected chi connectivity index (χ4v) is 3.32. The monoisotopic (exact) mass is 323 g/mol. The number of amides is 1. The van der Waals surface area contributed by atoms with Crippen molar-refractivity contribution in [1.29, 1.82) is 0 Å². The third kappa shape index (κ3) is 3.48. The molecule has 1 aliphatic rings. The molecule has 2 aromatic carbocycles. The molecular formula is C20H21NO3. The molecule has 0 N–H and O–H groups in total. The van der Waals surface area contributed by atoms with E-state index in [2.05, 4.69) is 0 Å². The molecule has 4 nitrogen and oxygen atoms in total. The van der Waals surface area contributed by atoms with E-state index in [1.165, 1.54) is 7.11 Å². The first-order valence-corrected chi connectivity index (χ1v) is 8.13. The molecule has 2 aromatic rings. The van der Waals surface area contributed by atoms with Crippen LogP contribution in [0.5, 0.6) is 0 Å². The lowest BCUT2D eigenvalue weighted by Gasteiger charge is -2.37. The van der Waals surface area contributed by atoms with Crippen molar-refractivity contribution in [1.82, 2.24) is 4.90 Å². The summed E-state index contributed by atoms with van der Waals surface area (Å²) >= 11 is 0. The van der Waals surface area contributed by atoms with Gasteiger partial charge in [-0.1, -0.05) is 60.7 Å². The Kier molecular flexibility index (Phi) is 4.94. The molecule has 0 unspecified atom stereocenters. The second kappa shape index (κ2) is 7.30. The van der Waals surface area contributed by atoms with E-state index in [4.69, 9.17) is 4.74 Å². The van der Waals surface area contributed by atoms with Gasteiger partial charge in [0.1, 0.15) is 0 Å². The molecule has 1 heterocycles. The predicted octanol–water partition coefficient (Wildman–Crippen LogP) is 2.99. The zero-order chi connectivity index (χ0) is 16.9. The third-order valence-electron chi connectivity index (χ3n) is 4.60. The molecule has 3 rings (SSSR count). The molecule has 4 heteroatoms. The molecule has 1 saturated heterocycles. The number of rotatable bonds is 4. The first-order valence-electron chi connectivity index (χ1n) is 8.13. The van der Waals surface area contributed by atoms with Crippen molar-refractivity contribution in [3.63, 3.8) is 0 Å². The number of benzene rings is 2. The van der Waals surface area contributed by atoms with Gasteiger partial charge >= 0.3 is 5.97 Å². The van der Waals surface area contributed by atoms with Gasteiger partial charge in [-0.25, -0.2) is 0 Å². The van der Waals surface area contributed by atoms with Crippen LogP contribution in [0.2, 0.25) is 0 Å². The van der Waals surface area contributed by atoms with Gasteiger partial charge in [0, 0.05) is 25.4 Å². The SMILES string of the molecule is COC(=O)[C@H]1CN(Cc2ccccc2)C(=O)C[C@@H]1c1ccccc1. The quantitative estimate of drug-likeness (QED) is 0.813. The Labute approximate surface area is 142 Å². The highest BCUT2D eigenvalue weighted by atomic mass is 16.5. The van der Waals surface area contributed by atoms with Crippen LogP contribution in [0.15, 0.2) is 60.7 Å². The van der Waals surface area contributed by atoms with Crippen LogP contribution >= 0.6 is 0 Å². The molecular weight excluding hydrogens is 302 g/mol. The molecule has 1 aliphatic heterocycles. The molecule has 0 aliphatic carbocycles. The minimum atomic E-state index is -0.334. The third-order valence-corrected chi connectivity index (χ3v) is 4.60. The van der Waals surface area contributed by atoms with E-state index in [-0.39, 0.29) is 23.7 Å². The van der Waals surface area contributed by atoms with E-state index in [1.807, 2.05) is 60.7 Å². The molecule has 0 aromatic heterocycles. The van der Waals surface area contributed by atoms with Crippen LogP contribution in [0, 0.1) is 5.92 Å². The van der Waals surface area contributed by atoms with Crippen LogP contribution in [-0.2, 0) is 20.9 Å². The first kappa shape index (κ1) is 16.2. The molecule has 1 fully saturated rings. The number of hydrogen-bond donors (Lipinski definition) is 0. The molecule has 1 amide bonds. The molecule has 2 atom stereocenters. The summed E-state index contributed by atoms with van der Waals surface area (Å²) in [5.74, 6) is -0.640. The molecule has 124 valence electrons. The Hall–Kier alpha value is -2.62. The second-order valence-corrected chi connectivity index (χ2v) is 6.11. The smallest absolute Gasteiger partial charge is 0.311 e. The van der Waals surface area contributed by atoms with Crippen LogP contribution in [-0.4, -0.2) is 30.4 Å². The number of nitrogens with zero attached hydrogens (tertiary/aromatic N) is 1. The van der Waals surface area contributed by atoms with Crippen molar-refractivity contribution in [2.45, 2.75) is 18.9 Å². The first-order chi connectivity index (χ1) is 11.7.